The molecule has 0 aromatic heterocycles. The lowest BCUT2D eigenvalue weighted by atomic mass is 10.0. The van der Waals surface area contributed by atoms with Crippen LogP contribution < -0.4 is 9.47 Å². The largest absolute Gasteiger partial charge is 0.486 e. The summed E-state index contributed by atoms with van der Waals surface area (Å²) < 4.78 is 16.3. The second-order valence-electron chi connectivity index (χ2n) is 5.83. The third-order valence-corrected chi connectivity index (χ3v) is 3.79. The Morgan fingerprint density at radius 1 is 1.04 bits per heavy atom. The molecule has 0 saturated carbocycles. The predicted octanol–water partition coefficient (Wildman–Crippen LogP) is 3.94. The fraction of sp³-hybridized carbons (Fsp3) is 0.316. The van der Waals surface area contributed by atoms with Crippen LogP contribution >= 0.6 is 0 Å². The first-order valence-electron chi connectivity index (χ1n) is 7.79. The van der Waals surface area contributed by atoms with Gasteiger partial charge in [-0.1, -0.05) is 38.1 Å². The van der Waals surface area contributed by atoms with Crippen LogP contribution in [-0.2, 0) is 11.3 Å². The molecule has 2 aromatic rings. The maximum absolute atomic E-state index is 12.2. The molecular weight excluding hydrogens is 292 g/mol. The van der Waals surface area contributed by atoms with Crippen LogP contribution in [-0.4, -0.2) is 19.2 Å². The van der Waals surface area contributed by atoms with Crippen LogP contribution in [0.3, 0.4) is 0 Å². The second-order valence-corrected chi connectivity index (χ2v) is 5.83. The zero-order chi connectivity index (χ0) is 16.2. The molecule has 0 saturated heterocycles. The van der Waals surface area contributed by atoms with Crippen LogP contribution in [0.4, 0.5) is 0 Å². The summed E-state index contributed by atoms with van der Waals surface area (Å²) in [4.78, 5) is 12.2. The van der Waals surface area contributed by atoms with Gasteiger partial charge in [-0.25, -0.2) is 4.79 Å². The van der Waals surface area contributed by atoms with Crippen LogP contribution in [0.2, 0.25) is 0 Å². The topological polar surface area (TPSA) is 44.8 Å². The summed E-state index contributed by atoms with van der Waals surface area (Å²) in [5, 5.41) is 0. The van der Waals surface area contributed by atoms with Gasteiger partial charge in [-0.05, 0) is 35.2 Å². The fourth-order valence-corrected chi connectivity index (χ4v) is 2.40. The standard InChI is InChI=1S/C19H20O4/c1-13(2)15-5-3-14(4-6-15)12-23-19(20)16-7-8-17-18(11-16)22-10-9-21-17/h3-8,11,13H,9-10,12H2,1-2H3. The molecule has 23 heavy (non-hydrogen) atoms. The van der Waals surface area contributed by atoms with Gasteiger partial charge in [0.2, 0.25) is 0 Å². The van der Waals surface area contributed by atoms with Gasteiger partial charge in [-0.15, -0.1) is 0 Å². The van der Waals surface area contributed by atoms with E-state index in [1.54, 1.807) is 18.2 Å². The lowest BCUT2D eigenvalue weighted by Crippen LogP contribution is -2.16. The van der Waals surface area contributed by atoms with Crippen molar-refractivity contribution in [1.29, 1.82) is 0 Å². The van der Waals surface area contributed by atoms with E-state index in [1.807, 2.05) is 12.1 Å². The number of carbonyl (C=O) groups is 1. The first kappa shape index (κ1) is 15.4. The van der Waals surface area contributed by atoms with Gasteiger partial charge < -0.3 is 14.2 Å². The predicted molar refractivity (Wildman–Crippen MR) is 87.1 cm³/mol. The van der Waals surface area contributed by atoms with Gasteiger partial charge in [-0.2, -0.15) is 0 Å². The van der Waals surface area contributed by atoms with Crippen molar-refractivity contribution < 1.29 is 19.0 Å². The Kier molecular flexibility index (Phi) is 4.51. The Morgan fingerprint density at radius 2 is 1.74 bits per heavy atom. The summed E-state index contributed by atoms with van der Waals surface area (Å²) in [6, 6.07) is 13.2. The molecule has 1 heterocycles. The molecule has 4 heteroatoms. The highest BCUT2D eigenvalue weighted by atomic mass is 16.6. The van der Waals surface area contributed by atoms with E-state index >= 15 is 0 Å². The molecule has 0 fully saturated rings. The van der Waals surface area contributed by atoms with Gasteiger partial charge >= 0.3 is 5.97 Å². The number of ether oxygens (including phenoxy) is 3. The highest BCUT2D eigenvalue weighted by Gasteiger charge is 2.15. The van der Waals surface area contributed by atoms with E-state index in [2.05, 4.69) is 26.0 Å². The van der Waals surface area contributed by atoms with Gasteiger partial charge in [0, 0.05) is 0 Å². The van der Waals surface area contributed by atoms with E-state index in [0.717, 1.165) is 5.56 Å². The normalized spacial score (nSPS) is 13.0. The molecule has 0 amide bonds. The zero-order valence-corrected chi connectivity index (χ0v) is 13.4. The molecule has 0 bridgehead atoms. The van der Waals surface area contributed by atoms with Crippen LogP contribution in [0.25, 0.3) is 0 Å². The third kappa shape index (κ3) is 3.65. The summed E-state index contributed by atoms with van der Waals surface area (Å²) in [7, 11) is 0. The third-order valence-electron chi connectivity index (χ3n) is 3.79. The summed E-state index contributed by atoms with van der Waals surface area (Å²) in [6.45, 7) is 5.58. The van der Waals surface area contributed by atoms with Gasteiger partial charge in [0.1, 0.15) is 19.8 Å². The Balaban J connectivity index is 1.63. The number of benzene rings is 2. The quantitative estimate of drug-likeness (QED) is 0.802. The average Bonchev–Trinajstić information content (AvgIpc) is 2.59. The smallest absolute Gasteiger partial charge is 0.338 e. The number of fused-ring (bicyclic) bond motifs is 1. The molecular formula is C19H20O4. The lowest BCUT2D eigenvalue weighted by Gasteiger charge is -2.18. The highest BCUT2D eigenvalue weighted by Crippen LogP contribution is 2.31. The monoisotopic (exact) mass is 312 g/mol. The van der Waals surface area contributed by atoms with Crippen molar-refractivity contribution in [3.8, 4) is 11.5 Å². The molecule has 120 valence electrons. The molecule has 0 unspecified atom stereocenters. The minimum Gasteiger partial charge on any atom is -0.486 e. The van der Waals surface area contributed by atoms with Crippen molar-refractivity contribution in [2.75, 3.05) is 13.2 Å². The number of hydrogen-bond donors (Lipinski definition) is 0. The Hall–Kier alpha value is -2.49. The van der Waals surface area contributed by atoms with Gasteiger partial charge in [0.25, 0.3) is 0 Å². The molecule has 0 radical (unpaired) electrons. The minimum atomic E-state index is -0.366. The van der Waals surface area contributed by atoms with E-state index in [-0.39, 0.29) is 12.6 Å². The molecule has 0 aliphatic carbocycles. The van der Waals surface area contributed by atoms with Crippen LogP contribution in [0.15, 0.2) is 42.5 Å². The number of carbonyl (C=O) groups excluding carboxylic acids is 1. The van der Waals surface area contributed by atoms with Gasteiger partial charge in [0.15, 0.2) is 11.5 Å². The van der Waals surface area contributed by atoms with Gasteiger partial charge in [0.05, 0.1) is 5.56 Å². The first-order valence-corrected chi connectivity index (χ1v) is 7.79. The van der Waals surface area contributed by atoms with E-state index < -0.39 is 0 Å². The van der Waals surface area contributed by atoms with Crippen molar-refractivity contribution in [1.82, 2.24) is 0 Å². The Morgan fingerprint density at radius 3 is 2.43 bits per heavy atom. The van der Waals surface area contributed by atoms with E-state index in [9.17, 15) is 4.79 Å². The number of esters is 1. The second kappa shape index (κ2) is 6.73. The molecule has 1 aliphatic rings. The average molecular weight is 312 g/mol. The lowest BCUT2D eigenvalue weighted by molar-refractivity contribution is 0.0471. The molecule has 1 aliphatic heterocycles. The zero-order valence-electron chi connectivity index (χ0n) is 13.4. The van der Waals surface area contributed by atoms with E-state index in [0.29, 0.717) is 36.2 Å². The van der Waals surface area contributed by atoms with Crippen molar-refractivity contribution in [2.45, 2.75) is 26.4 Å². The molecule has 0 N–H and O–H groups in total. The summed E-state index contributed by atoms with van der Waals surface area (Å²) in [5.74, 6) is 1.38. The van der Waals surface area contributed by atoms with Crippen LogP contribution in [0.5, 0.6) is 11.5 Å². The molecule has 0 spiro atoms. The number of rotatable bonds is 4. The summed E-state index contributed by atoms with van der Waals surface area (Å²) >= 11 is 0. The van der Waals surface area contributed by atoms with Crippen molar-refractivity contribution in [3.63, 3.8) is 0 Å². The molecule has 4 nitrogen and oxygen atoms in total. The SMILES string of the molecule is CC(C)c1ccc(COC(=O)c2ccc3c(c2)OCCO3)cc1. The Bertz CT molecular complexity index is 689. The summed E-state index contributed by atoms with van der Waals surface area (Å²) in [5.41, 5.74) is 2.71. The number of hydrogen-bond acceptors (Lipinski definition) is 4. The van der Waals surface area contributed by atoms with Crippen LogP contribution in [0, 0.1) is 0 Å². The highest BCUT2D eigenvalue weighted by molar-refractivity contribution is 5.90. The molecule has 3 rings (SSSR count). The van der Waals surface area contributed by atoms with Crippen molar-refractivity contribution >= 4 is 5.97 Å². The van der Waals surface area contributed by atoms with Crippen molar-refractivity contribution in [2.24, 2.45) is 0 Å². The maximum atomic E-state index is 12.2. The summed E-state index contributed by atoms with van der Waals surface area (Å²) in [6.07, 6.45) is 0. The molecule has 0 atom stereocenters. The fourth-order valence-electron chi connectivity index (χ4n) is 2.40. The molecule has 2 aromatic carbocycles. The van der Waals surface area contributed by atoms with E-state index in [4.69, 9.17) is 14.2 Å². The van der Waals surface area contributed by atoms with Gasteiger partial charge in [-0.3, -0.25) is 0 Å². The maximum Gasteiger partial charge on any atom is 0.338 e. The Labute approximate surface area is 136 Å². The van der Waals surface area contributed by atoms with E-state index in [1.165, 1.54) is 5.56 Å². The van der Waals surface area contributed by atoms with Crippen molar-refractivity contribution in [3.05, 3.63) is 59.2 Å². The van der Waals surface area contributed by atoms with Crippen LogP contribution in [0.1, 0.15) is 41.3 Å². The first-order chi connectivity index (χ1) is 11.1. The minimum absolute atomic E-state index is 0.256.